The van der Waals surface area contributed by atoms with Crippen LogP contribution in [0.1, 0.15) is 74.0 Å². The summed E-state index contributed by atoms with van der Waals surface area (Å²) in [7, 11) is 0. The molecule has 5 nitrogen and oxygen atoms in total. The van der Waals surface area contributed by atoms with Gasteiger partial charge in [0, 0.05) is 33.1 Å². The van der Waals surface area contributed by atoms with Crippen LogP contribution in [0.2, 0.25) is 0 Å². The standard InChI is InChI=1S/C43H43NO4S/c1-39-17-14-30(45)23-41(39)20-21-43(32(24-41)37(46)34-22-28-9-4-6-13-33(28)49-34)35(39)15-18-40(2)36(43)16-19-42(40)26-44(38(47)48-42)25-29-11-7-10-27-8-3-5-12-31(27)29/h3-13,20-22,24,30,35-36,45H,14-19,23,25-26H2,1-2H3/t30-,35+,36+,39+,40-,41-,42+,43-/m0/s1. The lowest BCUT2D eigenvalue weighted by Crippen LogP contribution is -2.67. The molecular weight excluding hydrogens is 627 g/mol. The van der Waals surface area contributed by atoms with Crippen molar-refractivity contribution in [3.8, 4) is 0 Å². The second-order valence-corrected chi connectivity index (χ2v) is 17.7. The number of ketones is 1. The van der Waals surface area contributed by atoms with Gasteiger partial charge >= 0.3 is 6.09 Å². The van der Waals surface area contributed by atoms with Gasteiger partial charge < -0.3 is 9.84 Å². The minimum atomic E-state index is -0.603. The van der Waals surface area contributed by atoms with E-state index in [0.717, 1.165) is 64.6 Å². The van der Waals surface area contributed by atoms with Crippen LogP contribution in [0.3, 0.4) is 0 Å². The van der Waals surface area contributed by atoms with Gasteiger partial charge in [-0.2, -0.15) is 0 Å². The second-order valence-electron chi connectivity index (χ2n) is 16.6. The molecule has 0 radical (unpaired) electrons. The summed E-state index contributed by atoms with van der Waals surface area (Å²) in [6, 6.07) is 25.1. The lowest BCUT2D eigenvalue weighted by Gasteiger charge is -2.71. The quantitative estimate of drug-likeness (QED) is 0.174. The third-order valence-electron chi connectivity index (χ3n) is 14.8. The first-order chi connectivity index (χ1) is 23.6. The average molecular weight is 670 g/mol. The van der Waals surface area contributed by atoms with Crippen LogP contribution in [-0.2, 0) is 11.3 Å². The first-order valence-electron chi connectivity index (χ1n) is 18.2. The van der Waals surface area contributed by atoms with Crippen molar-refractivity contribution in [2.75, 3.05) is 6.54 Å². The Bertz CT molecular complexity index is 2110. The fourth-order valence-corrected chi connectivity index (χ4v) is 13.4. The van der Waals surface area contributed by atoms with E-state index in [-0.39, 0.29) is 46.1 Å². The van der Waals surface area contributed by atoms with Gasteiger partial charge in [0.1, 0.15) is 5.60 Å². The first kappa shape index (κ1) is 30.1. The summed E-state index contributed by atoms with van der Waals surface area (Å²) < 4.78 is 7.78. The van der Waals surface area contributed by atoms with Gasteiger partial charge in [0.2, 0.25) is 0 Å². The zero-order valence-corrected chi connectivity index (χ0v) is 29.1. The zero-order chi connectivity index (χ0) is 33.4. The number of benzene rings is 3. The van der Waals surface area contributed by atoms with Crippen molar-refractivity contribution < 1.29 is 19.4 Å². The largest absolute Gasteiger partial charge is 0.440 e. The molecule has 1 N–H and O–H groups in total. The average Bonchev–Trinajstić information content (AvgIpc) is 3.77. The van der Waals surface area contributed by atoms with E-state index in [2.05, 4.69) is 92.7 Å². The second kappa shape index (κ2) is 9.95. The van der Waals surface area contributed by atoms with Gasteiger partial charge in [-0.15, -0.1) is 11.3 Å². The van der Waals surface area contributed by atoms with Gasteiger partial charge in [0.15, 0.2) is 5.78 Å². The predicted octanol–water partition coefficient (Wildman–Crippen LogP) is 9.49. The van der Waals surface area contributed by atoms with Crippen LogP contribution in [-0.4, -0.2) is 40.1 Å². The van der Waals surface area contributed by atoms with E-state index in [0.29, 0.717) is 19.5 Å². The molecule has 3 aromatic carbocycles. The first-order valence-corrected chi connectivity index (χ1v) is 19.0. The Morgan fingerprint density at radius 1 is 0.898 bits per heavy atom. The van der Waals surface area contributed by atoms with E-state index in [1.807, 2.05) is 17.0 Å². The summed E-state index contributed by atoms with van der Waals surface area (Å²) in [5, 5.41) is 14.5. The predicted molar refractivity (Wildman–Crippen MR) is 193 cm³/mol. The van der Waals surface area contributed by atoms with E-state index in [1.165, 1.54) is 10.8 Å². The van der Waals surface area contributed by atoms with E-state index < -0.39 is 11.0 Å². The number of rotatable bonds is 4. The molecule has 49 heavy (non-hydrogen) atoms. The molecular formula is C43H43NO4S. The summed E-state index contributed by atoms with van der Waals surface area (Å²) in [5.74, 6) is 0.586. The summed E-state index contributed by atoms with van der Waals surface area (Å²) in [6.07, 6.45) is 12.7. The number of aliphatic hydroxyl groups is 1. The van der Waals surface area contributed by atoms with Crippen molar-refractivity contribution in [3.63, 3.8) is 0 Å². The molecule has 2 heterocycles. The van der Waals surface area contributed by atoms with Crippen LogP contribution in [0.25, 0.3) is 20.9 Å². The van der Waals surface area contributed by atoms with Crippen LogP contribution in [0.5, 0.6) is 0 Å². The van der Waals surface area contributed by atoms with Crippen molar-refractivity contribution in [2.24, 2.45) is 33.5 Å². The highest BCUT2D eigenvalue weighted by molar-refractivity contribution is 7.21. The molecule has 1 amide bonds. The van der Waals surface area contributed by atoms with Gasteiger partial charge in [-0.25, -0.2) is 4.79 Å². The number of hydrogen-bond acceptors (Lipinski definition) is 5. The highest BCUT2D eigenvalue weighted by Crippen LogP contribution is 2.79. The number of Topliss-reactive ketones (excluding diaryl/α,β-unsaturated/α-hetero) is 1. The molecule has 3 spiro atoms. The number of aliphatic hydroxyl groups excluding tert-OH is 1. The fourth-order valence-electron chi connectivity index (χ4n) is 12.4. The Labute approximate surface area is 291 Å². The Hall–Kier alpha value is -3.74. The molecule has 6 aliphatic carbocycles. The van der Waals surface area contributed by atoms with Crippen molar-refractivity contribution in [1.29, 1.82) is 0 Å². The monoisotopic (exact) mass is 669 g/mol. The molecule has 1 aliphatic heterocycles. The van der Waals surface area contributed by atoms with Crippen LogP contribution < -0.4 is 0 Å². The Morgan fingerprint density at radius 3 is 2.49 bits per heavy atom. The molecule has 4 fully saturated rings. The number of hydrogen-bond donors (Lipinski definition) is 1. The highest BCUT2D eigenvalue weighted by Gasteiger charge is 2.76. The normalized spacial score (nSPS) is 38.8. The fraction of sp³-hybridized carbons (Fsp3) is 0.442. The SMILES string of the molecule is C[C@]12CC[C@H]3[C@@]4(C=C[C@@]5(C=C4C(=O)c4cc6ccccc6s4)C[C@@H](O)CC[C@]35C)[C@@H]1CC[C@@]21CN(Cc2cccc3ccccc23)C(=O)O1. The summed E-state index contributed by atoms with van der Waals surface area (Å²) >= 11 is 1.59. The molecule has 6 heteroatoms. The maximum absolute atomic E-state index is 15.0. The van der Waals surface area contributed by atoms with Crippen molar-refractivity contribution >= 4 is 44.1 Å². The van der Waals surface area contributed by atoms with Crippen molar-refractivity contribution in [3.05, 3.63) is 107 Å². The van der Waals surface area contributed by atoms with Crippen LogP contribution in [0.4, 0.5) is 4.79 Å². The summed E-state index contributed by atoms with van der Waals surface area (Å²) in [6.45, 7) is 5.93. The molecule has 2 bridgehead atoms. The molecule has 0 unspecified atom stereocenters. The molecule has 11 rings (SSSR count). The number of carbonyl (C=O) groups is 2. The molecule has 4 aromatic rings. The van der Waals surface area contributed by atoms with Gasteiger partial charge in [0.05, 0.1) is 17.5 Å². The minimum Gasteiger partial charge on any atom is -0.440 e. The van der Waals surface area contributed by atoms with E-state index >= 15 is 4.79 Å². The topological polar surface area (TPSA) is 66.8 Å². The van der Waals surface area contributed by atoms with Crippen LogP contribution >= 0.6 is 11.3 Å². The van der Waals surface area contributed by atoms with Crippen molar-refractivity contribution in [2.45, 2.75) is 77.0 Å². The maximum Gasteiger partial charge on any atom is 0.410 e. The summed E-state index contributed by atoms with van der Waals surface area (Å²) in [4.78, 5) is 31.6. The maximum atomic E-state index is 15.0. The van der Waals surface area contributed by atoms with Gasteiger partial charge in [0.25, 0.3) is 0 Å². The van der Waals surface area contributed by atoms with Crippen molar-refractivity contribution in [1.82, 2.24) is 4.90 Å². The molecule has 8 atom stereocenters. The minimum absolute atomic E-state index is 0.0469. The molecule has 3 saturated carbocycles. The number of ether oxygens (including phenoxy) is 1. The lowest BCUT2D eigenvalue weighted by atomic mass is 9.32. The summed E-state index contributed by atoms with van der Waals surface area (Å²) in [5.41, 5.74) is 0.347. The van der Waals surface area contributed by atoms with Gasteiger partial charge in [-0.1, -0.05) is 92.7 Å². The third kappa shape index (κ3) is 3.75. The van der Waals surface area contributed by atoms with Crippen LogP contribution in [0.15, 0.2) is 96.6 Å². The molecule has 7 aliphatic rings. The number of nitrogens with zero attached hydrogens (tertiary/aromatic N) is 1. The highest BCUT2D eigenvalue weighted by atomic mass is 32.1. The molecule has 250 valence electrons. The van der Waals surface area contributed by atoms with Crippen LogP contribution in [0, 0.1) is 33.5 Å². The number of thiophene rings is 1. The molecule has 1 aromatic heterocycles. The zero-order valence-electron chi connectivity index (χ0n) is 28.3. The number of carbonyl (C=O) groups excluding carboxylic acids is 2. The van der Waals surface area contributed by atoms with Gasteiger partial charge in [-0.3, -0.25) is 9.69 Å². The smallest absolute Gasteiger partial charge is 0.410 e. The van der Waals surface area contributed by atoms with E-state index in [1.54, 1.807) is 11.3 Å². The third-order valence-corrected chi connectivity index (χ3v) is 15.9. The number of fused-ring (bicyclic) bond motifs is 4. The van der Waals surface area contributed by atoms with Gasteiger partial charge in [-0.05, 0) is 96.1 Å². The lowest BCUT2D eigenvalue weighted by molar-refractivity contribution is -0.164. The Morgan fingerprint density at radius 2 is 1.63 bits per heavy atom. The van der Waals surface area contributed by atoms with E-state index in [9.17, 15) is 9.90 Å². The van der Waals surface area contributed by atoms with E-state index in [4.69, 9.17) is 4.74 Å². The Kier molecular flexibility index (Phi) is 6.11. The Balaban J connectivity index is 1.07. The number of amides is 1. The molecule has 1 saturated heterocycles. The number of allylic oxidation sites excluding steroid dienone is 4.